The smallest absolute Gasteiger partial charge is 0.284 e. The fraction of sp³-hybridized carbons (Fsp3) is 0.406. The maximum Gasteiger partial charge on any atom is 0.284 e. The number of hydrazine groups is 1. The van der Waals surface area contributed by atoms with Gasteiger partial charge in [0.25, 0.3) is 21.8 Å². The number of sulfonamides is 1. The van der Waals surface area contributed by atoms with E-state index in [1.54, 1.807) is 36.4 Å². The van der Waals surface area contributed by atoms with Crippen LogP contribution < -0.4 is 0 Å². The van der Waals surface area contributed by atoms with Crippen LogP contribution in [0, 0.1) is 23.7 Å². The average Bonchev–Trinajstić information content (AvgIpc) is 3.62. The predicted molar refractivity (Wildman–Crippen MR) is 156 cm³/mol. The van der Waals surface area contributed by atoms with Gasteiger partial charge in [-0.1, -0.05) is 55.8 Å². The highest BCUT2D eigenvalue weighted by atomic mass is 32.2. The Morgan fingerprint density at radius 1 is 1.14 bits per heavy atom. The van der Waals surface area contributed by atoms with Gasteiger partial charge < -0.3 is 5.11 Å². The molecule has 3 unspecified atom stereocenters. The molecule has 4 atom stereocenters. The number of hydrogen-bond acceptors (Lipinski definition) is 6. The van der Waals surface area contributed by atoms with Crippen LogP contribution in [0.25, 0.3) is 10.9 Å². The fourth-order valence-corrected chi connectivity index (χ4v) is 9.38. The minimum atomic E-state index is -4.54. The molecule has 2 aromatic carbocycles. The molecule has 2 amide bonds. The quantitative estimate of drug-likeness (QED) is 0.422. The Hall–Kier alpha value is -3.76. The summed E-state index contributed by atoms with van der Waals surface area (Å²) in [6.45, 7) is 10.9. The minimum Gasteiger partial charge on any atom is -0.375 e. The van der Waals surface area contributed by atoms with Crippen molar-refractivity contribution in [3.63, 3.8) is 0 Å². The van der Waals surface area contributed by atoms with Crippen molar-refractivity contribution >= 4 is 38.6 Å². The lowest BCUT2D eigenvalue weighted by Gasteiger charge is -2.38. The van der Waals surface area contributed by atoms with Crippen LogP contribution in [0.5, 0.6) is 0 Å². The van der Waals surface area contributed by atoms with E-state index in [1.807, 2.05) is 20.8 Å². The van der Waals surface area contributed by atoms with Crippen LogP contribution in [0.15, 0.2) is 72.3 Å². The van der Waals surface area contributed by atoms with Crippen molar-refractivity contribution in [2.45, 2.75) is 69.9 Å². The number of benzene rings is 2. The van der Waals surface area contributed by atoms with Gasteiger partial charge in [-0.3, -0.25) is 19.0 Å². The van der Waals surface area contributed by atoms with Gasteiger partial charge in [-0.05, 0) is 55.7 Å². The van der Waals surface area contributed by atoms with Crippen LogP contribution in [0.1, 0.15) is 62.4 Å². The van der Waals surface area contributed by atoms with Crippen LogP contribution in [-0.4, -0.2) is 51.3 Å². The van der Waals surface area contributed by atoms with Gasteiger partial charge in [-0.2, -0.15) is 8.42 Å². The third-order valence-electron chi connectivity index (χ3n) is 10.2. The molecule has 10 heteroatoms. The van der Waals surface area contributed by atoms with Crippen molar-refractivity contribution in [1.29, 1.82) is 0 Å². The SMILES string of the molecule is C=CC[C@](O)(C(=O)N1C2CC3CCC2(C(=O)N1S(=O)(=O)c1ccc(C)cc1)C3(C)C)c1cn(C(C)=O)c2ccccc12. The summed E-state index contributed by atoms with van der Waals surface area (Å²) in [7, 11) is -4.54. The number of carbonyl (C=O) groups is 3. The molecule has 1 spiro atoms. The third kappa shape index (κ3) is 3.45. The van der Waals surface area contributed by atoms with Gasteiger partial charge in [0, 0.05) is 30.5 Å². The van der Waals surface area contributed by atoms with Crippen molar-refractivity contribution in [2.75, 3.05) is 0 Å². The summed E-state index contributed by atoms with van der Waals surface area (Å²) in [5.41, 5.74) is -2.52. The fourth-order valence-electron chi connectivity index (χ4n) is 7.90. The minimum absolute atomic E-state index is 0.109. The standard InChI is InChI=1S/C32H35N3O6S/c1-6-16-32(39,25-19-33(21(3)36)26-10-8-7-9-24(25)26)29(38)34-27-18-22-15-17-31(27,30(22,4)5)28(37)35(34)42(40,41)23-13-11-20(2)12-14-23/h6-14,19,22,27,39H,1,15-18H2,2-5H3/t22?,27?,31?,32-/m1/s1. The van der Waals surface area contributed by atoms with Gasteiger partial charge in [0.2, 0.25) is 5.91 Å². The van der Waals surface area contributed by atoms with E-state index in [4.69, 9.17) is 0 Å². The Labute approximate surface area is 245 Å². The number of para-hydroxylation sites is 1. The number of carbonyl (C=O) groups excluding carboxylic acids is 3. The Bertz CT molecular complexity index is 1770. The van der Waals surface area contributed by atoms with E-state index in [0.717, 1.165) is 17.0 Å². The first-order valence-corrected chi connectivity index (χ1v) is 15.6. The molecular formula is C32H35N3O6S. The normalized spacial score (nSPS) is 26.0. The Morgan fingerprint density at radius 3 is 2.43 bits per heavy atom. The largest absolute Gasteiger partial charge is 0.375 e. The molecule has 6 rings (SSSR count). The molecule has 1 aromatic heterocycles. The van der Waals surface area contributed by atoms with Gasteiger partial charge in [-0.25, -0.2) is 5.01 Å². The molecule has 2 aliphatic carbocycles. The second-order valence-corrected chi connectivity index (χ2v) is 14.3. The van der Waals surface area contributed by atoms with Crippen LogP contribution in [-0.2, 0) is 25.2 Å². The van der Waals surface area contributed by atoms with E-state index in [1.165, 1.54) is 35.9 Å². The molecule has 3 fully saturated rings. The highest BCUT2D eigenvalue weighted by Gasteiger charge is 2.77. The zero-order chi connectivity index (χ0) is 30.4. The number of rotatable bonds is 6. The first-order chi connectivity index (χ1) is 19.7. The van der Waals surface area contributed by atoms with Crippen molar-refractivity contribution in [1.82, 2.24) is 14.0 Å². The Balaban J connectivity index is 1.58. The molecule has 2 saturated carbocycles. The zero-order valence-corrected chi connectivity index (χ0v) is 25.0. The highest BCUT2D eigenvalue weighted by molar-refractivity contribution is 7.89. The summed E-state index contributed by atoms with van der Waals surface area (Å²) in [5.74, 6) is -1.79. The molecule has 42 heavy (non-hydrogen) atoms. The average molecular weight is 590 g/mol. The number of fused-ring (bicyclic) bond motifs is 2. The number of aliphatic hydroxyl groups is 1. The number of aryl methyl sites for hydroxylation is 1. The lowest BCUT2D eigenvalue weighted by Crippen LogP contribution is -2.56. The summed E-state index contributed by atoms with van der Waals surface area (Å²) in [6.07, 6.45) is 4.16. The molecule has 3 aromatic rings. The van der Waals surface area contributed by atoms with E-state index in [-0.39, 0.29) is 28.7 Å². The van der Waals surface area contributed by atoms with Crippen molar-refractivity contribution in [3.05, 3.63) is 78.5 Å². The second-order valence-electron chi connectivity index (χ2n) is 12.5. The summed E-state index contributed by atoms with van der Waals surface area (Å²) < 4.78 is 30.5. The number of amides is 2. The monoisotopic (exact) mass is 589 g/mol. The van der Waals surface area contributed by atoms with E-state index < -0.39 is 44.3 Å². The molecule has 3 aliphatic rings. The first kappa shape index (κ1) is 28.4. The second kappa shape index (κ2) is 9.12. The molecule has 2 bridgehead atoms. The molecule has 1 aliphatic heterocycles. The van der Waals surface area contributed by atoms with E-state index in [0.29, 0.717) is 28.2 Å². The van der Waals surface area contributed by atoms with Crippen LogP contribution in [0.3, 0.4) is 0 Å². The lowest BCUT2D eigenvalue weighted by molar-refractivity contribution is -0.166. The maximum atomic E-state index is 14.9. The highest BCUT2D eigenvalue weighted by Crippen LogP contribution is 2.70. The molecular weight excluding hydrogens is 554 g/mol. The van der Waals surface area contributed by atoms with Gasteiger partial charge in [0.15, 0.2) is 5.60 Å². The molecule has 2 heterocycles. The Morgan fingerprint density at radius 2 is 1.81 bits per heavy atom. The van der Waals surface area contributed by atoms with Crippen LogP contribution in [0.4, 0.5) is 0 Å². The van der Waals surface area contributed by atoms with Crippen LogP contribution >= 0.6 is 0 Å². The summed E-state index contributed by atoms with van der Waals surface area (Å²) in [6, 6.07) is 12.2. The van der Waals surface area contributed by atoms with Crippen molar-refractivity contribution in [2.24, 2.45) is 16.7 Å². The van der Waals surface area contributed by atoms with Gasteiger partial charge >= 0.3 is 0 Å². The predicted octanol–water partition coefficient (Wildman–Crippen LogP) is 4.54. The van der Waals surface area contributed by atoms with Gasteiger partial charge in [0.05, 0.1) is 21.9 Å². The van der Waals surface area contributed by atoms with E-state index >= 15 is 0 Å². The lowest BCUT2D eigenvalue weighted by atomic mass is 9.67. The van der Waals surface area contributed by atoms with Crippen LogP contribution in [0.2, 0.25) is 0 Å². The summed E-state index contributed by atoms with van der Waals surface area (Å²) in [5, 5.41) is 13.9. The van der Waals surface area contributed by atoms with Crippen molar-refractivity contribution < 1.29 is 27.9 Å². The summed E-state index contributed by atoms with van der Waals surface area (Å²) >= 11 is 0. The molecule has 1 N–H and O–H groups in total. The molecule has 0 radical (unpaired) electrons. The third-order valence-corrected chi connectivity index (χ3v) is 11.9. The van der Waals surface area contributed by atoms with Gasteiger partial charge in [0.1, 0.15) is 0 Å². The molecule has 1 saturated heterocycles. The maximum absolute atomic E-state index is 14.9. The van der Waals surface area contributed by atoms with E-state index in [2.05, 4.69) is 6.58 Å². The molecule has 220 valence electrons. The Kier molecular flexibility index (Phi) is 6.16. The summed E-state index contributed by atoms with van der Waals surface area (Å²) in [4.78, 5) is 41.8. The number of nitrogens with zero attached hydrogens (tertiary/aromatic N) is 3. The van der Waals surface area contributed by atoms with E-state index in [9.17, 15) is 27.9 Å². The topological polar surface area (TPSA) is 117 Å². The number of aromatic nitrogens is 1. The zero-order valence-electron chi connectivity index (χ0n) is 24.2. The molecule has 9 nitrogen and oxygen atoms in total. The number of hydrogen-bond donors (Lipinski definition) is 1. The van der Waals surface area contributed by atoms with Gasteiger partial charge in [-0.15, -0.1) is 11.0 Å². The van der Waals surface area contributed by atoms with Crippen molar-refractivity contribution in [3.8, 4) is 0 Å². The first-order valence-electron chi connectivity index (χ1n) is 14.2.